The monoisotopic (exact) mass is 255 g/mol. The quantitative estimate of drug-likeness (QED) is 0.626. The van der Waals surface area contributed by atoms with Gasteiger partial charge in [-0.15, -0.1) is 0 Å². The number of benzene rings is 1. The van der Waals surface area contributed by atoms with Crippen LogP contribution < -0.4 is 5.48 Å². The van der Waals surface area contributed by atoms with Crippen LogP contribution in [0.3, 0.4) is 0 Å². The van der Waals surface area contributed by atoms with Crippen molar-refractivity contribution >= 4 is 11.6 Å². The molecule has 0 aromatic heterocycles. The number of hydrogen-bond donors (Lipinski definition) is 1. The van der Waals surface area contributed by atoms with Crippen LogP contribution in [-0.4, -0.2) is 26.4 Å². The molecule has 1 aliphatic carbocycles. The standard InChI is InChI=1S/C13H18ClNO2/c1-16-6-7-17-15-11-8-10(9-11)12-4-2-3-5-13(12)14/h2-5,10-11,15H,6-9H2,1H3. The van der Waals surface area contributed by atoms with E-state index in [1.165, 1.54) is 5.56 Å². The highest BCUT2D eigenvalue weighted by Crippen LogP contribution is 2.39. The Morgan fingerprint density at radius 2 is 2.06 bits per heavy atom. The minimum Gasteiger partial charge on any atom is -0.382 e. The minimum atomic E-state index is 0.438. The maximum absolute atomic E-state index is 6.16. The predicted octanol–water partition coefficient (Wildman–Crippen LogP) is 2.75. The van der Waals surface area contributed by atoms with Crippen LogP contribution in [0.4, 0.5) is 0 Å². The molecule has 0 saturated heterocycles. The molecule has 2 rings (SSSR count). The summed E-state index contributed by atoms with van der Waals surface area (Å²) in [6, 6.07) is 8.50. The van der Waals surface area contributed by atoms with Crippen molar-refractivity contribution in [2.75, 3.05) is 20.3 Å². The van der Waals surface area contributed by atoms with Gasteiger partial charge in [-0.05, 0) is 30.4 Å². The fraction of sp³-hybridized carbons (Fsp3) is 0.538. The zero-order valence-corrected chi connectivity index (χ0v) is 10.7. The molecule has 1 saturated carbocycles. The molecule has 0 radical (unpaired) electrons. The van der Waals surface area contributed by atoms with Gasteiger partial charge in [-0.3, -0.25) is 4.84 Å². The van der Waals surface area contributed by atoms with Crippen LogP contribution in [0.1, 0.15) is 24.3 Å². The van der Waals surface area contributed by atoms with Gasteiger partial charge in [0.25, 0.3) is 0 Å². The first kappa shape index (κ1) is 12.8. The number of ether oxygens (including phenoxy) is 1. The van der Waals surface area contributed by atoms with Crippen LogP contribution in [0.5, 0.6) is 0 Å². The molecule has 1 aromatic rings. The third-order valence-corrected chi connectivity index (χ3v) is 3.47. The van der Waals surface area contributed by atoms with E-state index >= 15 is 0 Å². The summed E-state index contributed by atoms with van der Waals surface area (Å²) < 4.78 is 4.90. The Morgan fingerprint density at radius 3 is 2.76 bits per heavy atom. The third kappa shape index (κ3) is 3.42. The molecule has 1 aliphatic rings. The van der Waals surface area contributed by atoms with Gasteiger partial charge in [-0.1, -0.05) is 29.8 Å². The summed E-state index contributed by atoms with van der Waals surface area (Å²) in [5.41, 5.74) is 4.30. The lowest BCUT2D eigenvalue weighted by Crippen LogP contribution is -2.40. The largest absolute Gasteiger partial charge is 0.382 e. The van der Waals surface area contributed by atoms with Crippen molar-refractivity contribution in [3.63, 3.8) is 0 Å². The zero-order chi connectivity index (χ0) is 12.1. The van der Waals surface area contributed by atoms with Crippen molar-refractivity contribution < 1.29 is 9.57 Å². The second-order valence-electron chi connectivity index (χ2n) is 4.35. The van der Waals surface area contributed by atoms with E-state index in [1.54, 1.807) is 7.11 Å². The van der Waals surface area contributed by atoms with E-state index in [2.05, 4.69) is 11.5 Å². The van der Waals surface area contributed by atoms with Crippen LogP contribution in [0.25, 0.3) is 0 Å². The summed E-state index contributed by atoms with van der Waals surface area (Å²) in [6.45, 7) is 1.21. The van der Waals surface area contributed by atoms with E-state index in [0.717, 1.165) is 17.9 Å². The second kappa shape index (κ2) is 6.36. The van der Waals surface area contributed by atoms with Gasteiger partial charge in [0, 0.05) is 18.2 Å². The lowest BCUT2D eigenvalue weighted by Gasteiger charge is -2.36. The fourth-order valence-corrected chi connectivity index (χ4v) is 2.37. The van der Waals surface area contributed by atoms with Crippen molar-refractivity contribution in [3.8, 4) is 0 Å². The highest BCUT2D eigenvalue weighted by molar-refractivity contribution is 6.31. The molecule has 0 bridgehead atoms. The molecule has 1 aromatic carbocycles. The highest BCUT2D eigenvalue weighted by Gasteiger charge is 2.31. The van der Waals surface area contributed by atoms with Crippen LogP contribution in [-0.2, 0) is 9.57 Å². The van der Waals surface area contributed by atoms with Gasteiger partial charge >= 0.3 is 0 Å². The maximum Gasteiger partial charge on any atom is 0.0915 e. The molecule has 0 atom stereocenters. The Bertz CT molecular complexity index is 353. The van der Waals surface area contributed by atoms with Crippen molar-refractivity contribution in [3.05, 3.63) is 34.9 Å². The minimum absolute atomic E-state index is 0.438. The van der Waals surface area contributed by atoms with Crippen molar-refractivity contribution in [2.45, 2.75) is 24.8 Å². The van der Waals surface area contributed by atoms with Gasteiger partial charge < -0.3 is 4.74 Å². The van der Waals surface area contributed by atoms with Crippen molar-refractivity contribution in [2.24, 2.45) is 0 Å². The molecular formula is C13H18ClNO2. The first-order valence-corrected chi connectivity index (χ1v) is 6.29. The summed E-state index contributed by atoms with van der Waals surface area (Å²) in [7, 11) is 1.67. The molecule has 1 fully saturated rings. The van der Waals surface area contributed by atoms with E-state index in [0.29, 0.717) is 25.2 Å². The van der Waals surface area contributed by atoms with Crippen LogP contribution in [0.15, 0.2) is 24.3 Å². The van der Waals surface area contributed by atoms with Crippen LogP contribution in [0, 0.1) is 0 Å². The Labute approximate surface area is 107 Å². The topological polar surface area (TPSA) is 30.5 Å². The number of rotatable bonds is 6. The van der Waals surface area contributed by atoms with Gasteiger partial charge in [-0.25, -0.2) is 0 Å². The summed E-state index contributed by atoms with van der Waals surface area (Å²) >= 11 is 6.16. The highest BCUT2D eigenvalue weighted by atomic mass is 35.5. The van der Waals surface area contributed by atoms with Gasteiger partial charge in [-0.2, -0.15) is 5.48 Å². The van der Waals surface area contributed by atoms with Crippen molar-refractivity contribution in [1.82, 2.24) is 5.48 Å². The number of halogens is 1. The Kier molecular flexibility index (Phi) is 4.80. The molecule has 0 heterocycles. The molecule has 0 spiro atoms. The normalized spacial score (nSPS) is 23.4. The molecule has 3 nitrogen and oxygen atoms in total. The van der Waals surface area contributed by atoms with E-state index in [-0.39, 0.29) is 0 Å². The smallest absolute Gasteiger partial charge is 0.0915 e. The van der Waals surface area contributed by atoms with Gasteiger partial charge in [0.1, 0.15) is 0 Å². The Morgan fingerprint density at radius 1 is 1.29 bits per heavy atom. The summed E-state index contributed by atoms with van der Waals surface area (Å²) in [5.74, 6) is 0.562. The molecule has 0 amide bonds. The van der Waals surface area contributed by atoms with E-state index < -0.39 is 0 Å². The zero-order valence-electron chi connectivity index (χ0n) is 9.99. The summed E-state index contributed by atoms with van der Waals surface area (Å²) in [5, 5.41) is 0.872. The van der Waals surface area contributed by atoms with E-state index in [4.69, 9.17) is 21.2 Å². The average molecular weight is 256 g/mol. The first-order valence-electron chi connectivity index (χ1n) is 5.92. The molecule has 17 heavy (non-hydrogen) atoms. The third-order valence-electron chi connectivity index (χ3n) is 3.12. The maximum atomic E-state index is 6.16. The van der Waals surface area contributed by atoms with Gasteiger partial charge in [0.15, 0.2) is 0 Å². The number of methoxy groups -OCH3 is 1. The molecule has 1 N–H and O–H groups in total. The SMILES string of the molecule is COCCONC1CC(c2ccccc2Cl)C1. The van der Waals surface area contributed by atoms with Crippen LogP contribution in [0.2, 0.25) is 5.02 Å². The van der Waals surface area contributed by atoms with E-state index in [9.17, 15) is 0 Å². The predicted molar refractivity (Wildman–Crippen MR) is 68.2 cm³/mol. The first-order chi connectivity index (χ1) is 8.31. The molecule has 94 valence electrons. The molecule has 4 heteroatoms. The molecule has 0 aliphatic heterocycles. The average Bonchev–Trinajstić information content (AvgIpc) is 2.28. The lowest BCUT2D eigenvalue weighted by molar-refractivity contribution is -0.0303. The Balaban J connectivity index is 1.70. The van der Waals surface area contributed by atoms with Gasteiger partial charge in [0.2, 0.25) is 0 Å². The number of hydroxylamine groups is 1. The van der Waals surface area contributed by atoms with Gasteiger partial charge in [0.05, 0.1) is 13.2 Å². The van der Waals surface area contributed by atoms with Crippen molar-refractivity contribution in [1.29, 1.82) is 0 Å². The number of hydrogen-bond acceptors (Lipinski definition) is 3. The lowest BCUT2D eigenvalue weighted by atomic mass is 9.76. The molecule has 0 unspecified atom stereocenters. The molecular weight excluding hydrogens is 238 g/mol. The van der Waals surface area contributed by atoms with Crippen LogP contribution >= 0.6 is 11.6 Å². The summed E-state index contributed by atoms with van der Waals surface area (Å²) in [4.78, 5) is 5.28. The van der Waals surface area contributed by atoms with E-state index in [1.807, 2.05) is 18.2 Å². The fourth-order valence-electron chi connectivity index (χ4n) is 2.08. The Hall–Kier alpha value is -0.610. The second-order valence-corrected chi connectivity index (χ2v) is 4.75. The number of nitrogens with one attached hydrogen (secondary N) is 1. The summed E-state index contributed by atoms with van der Waals surface area (Å²) in [6.07, 6.45) is 2.16.